The Labute approximate surface area is 157 Å². The summed E-state index contributed by atoms with van der Waals surface area (Å²) in [6.07, 6.45) is 0. The number of halogens is 1. The summed E-state index contributed by atoms with van der Waals surface area (Å²) in [5.41, 5.74) is 5.22. The minimum Gasteiger partial charge on any atom is -0.304 e. The Hall–Kier alpha value is -1.75. The van der Waals surface area contributed by atoms with E-state index >= 15 is 0 Å². The molecule has 4 rings (SSSR count). The molecule has 1 fully saturated rings. The topological polar surface area (TPSA) is 23.6 Å². The number of piperazine rings is 1. The third-order valence-corrected chi connectivity index (χ3v) is 5.86. The van der Waals surface area contributed by atoms with Gasteiger partial charge in [0, 0.05) is 43.9 Å². The lowest BCUT2D eigenvalue weighted by molar-refractivity contribution is 0.104. The number of Topliss-reactive ketones (excluding diaryl/α,β-unsaturated/α-hetero) is 1. The first kappa shape index (κ1) is 16.7. The molecule has 0 spiro atoms. The van der Waals surface area contributed by atoms with Gasteiger partial charge in [-0.05, 0) is 39.7 Å². The maximum absolute atomic E-state index is 12.4. The van der Waals surface area contributed by atoms with Crippen molar-refractivity contribution in [1.29, 1.82) is 0 Å². The number of fused-ring (bicyclic) bond motifs is 1. The molecule has 1 aliphatic heterocycles. The van der Waals surface area contributed by atoms with Crippen molar-refractivity contribution in [3.05, 3.63) is 75.3 Å². The minimum atomic E-state index is 0.0760. The molecule has 0 aromatic heterocycles. The van der Waals surface area contributed by atoms with Crippen LogP contribution in [0.1, 0.15) is 27.0 Å². The van der Waals surface area contributed by atoms with E-state index in [-0.39, 0.29) is 5.78 Å². The van der Waals surface area contributed by atoms with E-state index in [0.29, 0.717) is 4.48 Å². The van der Waals surface area contributed by atoms with Gasteiger partial charge in [0.05, 0.1) is 4.48 Å². The van der Waals surface area contributed by atoms with Crippen LogP contribution in [-0.4, -0.2) is 48.8 Å². The molecular formula is C21H21BrN2O. The van der Waals surface area contributed by atoms with Gasteiger partial charge in [0.25, 0.3) is 0 Å². The van der Waals surface area contributed by atoms with Crippen LogP contribution in [0.3, 0.4) is 0 Å². The second-order valence-electron chi connectivity index (χ2n) is 6.84. The highest BCUT2D eigenvalue weighted by Crippen LogP contribution is 2.39. The highest BCUT2D eigenvalue weighted by Gasteiger charge is 2.28. The van der Waals surface area contributed by atoms with Crippen molar-refractivity contribution in [2.24, 2.45) is 0 Å². The highest BCUT2D eigenvalue weighted by atomic mass is 79.9. The second kappa shape index (κ2) is 6.87. The number of hydrogen-bond acceptors (Lipinski definition) is 3. The number of likely N-dealkylation sites (N-methyl/N-ethyl adjacent to an activating group) is 1. The second-order valence-corrected chi connectivity index (χ2v) is 7.63. The Morgan fingerprint density at radius 2 is 1.56 bits per heavy atom. The third-order valence-electron chi connectivity index (χ3n) is 5.10. The van der Waals surface area contributed by atoms with Crippen LogP contribution >= 0.6 is 15.9 Å². The van der Waals surface area contributed by atoms with Gasteiger partial charge >= 0.3 is 0 Å². The Balaban J connectivity index is 1.56. The Morgan fingerprint density at radius 3 is 2.24 bits per heavy atom. The largest absolute Gasteiger partial charge is 0.304 e. The average Bonchev–Trinajstić information content (AvgIpc) is 2.89. The predicted octanol–water partition coefficient (Wildman–Crippen LogP) is 3.78. The van der Waals surface area contributed by atoms with E-state index in [1.807, 2.05) is 24.3 Å². The number of benzene rings is 2. The molecule has 3 nitrogen and oxygen atoms in total. The number of allylic oxidation sites excluding steroid dienone is 1. The fourth-order valence-corrected chi connectivity index (χ4v) is 4.23. The number of rotatable bonds is 3. The molecule has 0 radical (unpaired) electrons. The van der Waals surface area contributed by atoms with E-state index in [1.165, 1.54) is 5.56 Å². The van der Waals surface area contributed by atoms with Gasteiger partial charge in [-0.2, -0.15) is 0 Å². The Bertz CT molecular complexity index is 833. The molecule has 2 aliphatic rings. The van der Waals surface area contributed by atoms with Crippen molar-refractivity contribution in [3.8, 4) is 0 Å². The summed E-state index contributed by atoms with van der Waals surface area (Å²) in [4.78, 5) is 17.3. The van der Waals surface area contributed by atoms with E-state index in [2.05, 4.69) is 57.0 Å². The van der Waals surface area contributed by atoms with Gasteiger partial charge < -0.3 is 4.90 Å². The molecule has 2 aromatic rings. The van der Waals surface area contributed by atoms with Gasteiger partial charge in [0.1, 0.15) is 0 Å². The summed E-state index contributed by atoms with van der Waals surface area (Å²) in [7, 11) is 2.18. The van der Waals surface area contributed by atoms with Crippen LogP contribution in [0, 0.1) is 0 Å². The summed E-state index contributed by atoms with van der Waals surface area (Å²) < 4.78 is 0.667. The van der Waals surface area contributed by atoms with Crippen LogP contribution in [0.2, 0.25) is 0 Å². The normalized spacial score (nSPS) is 18.7. The Kier molecular flexibility index (Phi) is 4.59. The summed E-state index contributed by atoms with van der Waals surface area (Å²) in [6, 6.07) is 16.5. The molecule has 1 aliphatic carbocycles. The van der Waals surface area contributed by atoms with Gasteiger partial charge in [-0.15, -0.1) is 0 Å². The number of ketones is 1. The molecule has 0 saturated carbocycles. The highest BCUT2D eigenvalue weighted by molar-refractivity contribution is 9.12. The van der Waals surface area contributed by atoms with Gasteiger partial charge in [-0.1, -0.05) is 48.5 Å². The van der Waals surface area contributed by atoms with Crippen molar-refractivity contribution in [1.82, 2.24) is 9.80 Å². The third kappa shape index (κ3) is 3.22. The smallest absolute Gasteiger partial charge is 0.201 e. The monoisotopic (exact) mass is 396 g/mol. The van der Waals surface area contributed by atoms with Gasteiger partial charge in [0.15, 0.2) is 0 Å². The molecule has 0 amide bonds. The molecular weight excluding hydrogens is 376 g/mol. The van der Waals surface area contributed by atoms with E-state index < -0.39 is 0 Å². The zero-order chi connectivity index (χ0) is 17.4. The summed E-state index contributed by atoms with van der Waals surface area (Å²) >= 11 is 3.51. The van der Waals surface area contributed by atoms with Gasteiger partial charge in [-0.25, -0.2) is 0 Å². The lowest BCUT2D eigenvalue weighted by atomic mass is 9.98. The fourth-order valence-electron chi connectivity index (χ4n) is 3.57. The van der Waals surface area contributed by atoms with Crippen LogP contribution in [0.15, 0.2) is 53.0 Å². The Morgan fingerprint density at radius 1 is 0.920 bits per heavy atom. The van der Waals surface area contributed by atoms with E-state index in [0.717, 1.165) is 55.0 Å². The molecule has 0 unspecified atom stereocenters. The number of carbonyl (C=O) groups excluding carboxylic acids is 1. The van der Waals surface area contributed by atoms with Crippen molar-refractivity contribution in [3.63, 3.8) is 0 Å². The molecule has 4 heteroatoms. The van der Waals surface area contributed by atoms with Crippen molar-refractivity contribution >= 4 is 27.3 Å². The molecule has 0 N–H and O–H groups in total. The predicted molar refractivity (Wildman–Crippen MR) is 105 cm³/mol. The van der Waals surface area contributed by atoms with Gasteiger partial charge in [-0.3, -0.25) is 9.69 Å². The van der Waals surface area contributed by atoms with Crippen LogP contribution in [-0.2, 0) is 6.54 Å². The molecule has 128 valence electrons. The van der Waals surface area contributed by atoms with E-state index in [4.69, 9.17) is 0 Å². The standard InChI is InChI=1S/C21H21BrN2O/c1-23-10-12-24(13-11-23)14-15-6-8-16(9-7-15)19-17-4-2-3-5-18(17)21(25)20(19)22/h2-9H,10-14H2,1H3. The minimum absolute atomic E-state index is 0.0760. The van der Waals surface area contributed by atoms with Crippen LogP contribution in [0.25, 0.3) is 5.57 Å². The molecule has 25 heavy (non-hydrogen) atoms. The molecule has 1 saturated heterocycles. The van der Waals surface area contributed by atoms with Gasteiger partial charge in [0.2, 0.25) is 5.78 Å². The molecule has 0 bridgehead atoms. The first-order valence-electron chi connectivity index (χ1n) is 8.67. The molecule has 1 heterocycles. The maximum Gasteiger partial charge on any atom is 0.201 e. The van der Waals surface area contributed by atoms with Crippen LogP contribution < -0.4 is 0 Å². The van der Waals surface area contributed by atoms with E-state index in [1.54, 1.807) is 0 Å². The number of carbonyl (C=O) groups is 1. The average molecular weight is 397 g/mol. The quantitative estimate of drug-likeness (QED) is 0.788. The maximum atomic E-state index is 12.4. The summed E-state index contributed by atoms with van der Waals surface area (Å²) in [5, 5.41) is 0. The molecule has 0 atom stereocenters. The number of hydrogen-bond donors (Lipinski definition) is 0. The van der Waals surface area contributed by atoms with Crippen LogP contribution in [0.5, 0.6) is 0 Å². The number of nitrogens with zero attached hydrogens (tertiary/aromatic N) is 2. The first-order chi connectivity index (χ1) is 12.1. The SMILES string of the molecule is CN1CCN(Cc2ccc(C3=C(Br)C(=O)c4ccccc43)cc2)CC1. The van der Waals surface area contributed by atoms with Crippen molar-refractivity contribution in [2.75, 3.05) is 33.2 Å². The van der Waals surface area contributed by atoms with Crippen molar-refractivity contribution < 1.29 is 4.79 Å². The fraction of sp³-hybridized carbons (Fsp3) is 0.286. The van der Waals surface area contributed by atoms with Crippen molar-refractivity contribution in [2.45, 2.75) is 6.54 Å². The summed E-state index contributed by atoms with van der Waals surface area (Å²) in [5.74, 6) is 0.0760. The summed E-state index contributed by atoms with van der Waals surface area (Å²) in [6.45, 7) is 5.51. The van der Waals surface area contributed by atoms with E-state index in [9.17, 15) is 4.79 Å². The lowest BCUT2D eigenvalue weighted by Crippen LogP contribution is -2.43. The zero-order valence-corrected chi connectivity index (χ0v) is 15.9. The molecule has 2 aromatic carbocycles. The lowest BCUT2D eigenvalue weighted by Gasteiger charge is -2.32. The van der Waals surface area contributed by atoms with Crippen LogP contribution in [0.4, 0.5) is 0 Å². The first-order valence-corrected chi connectivity index (χ1v) is 9.47. The zero-order valence-electron chi connectivity index (χ0n) is 14.3.